The highest BCUT2D eigenvalue weighted by atomic mass is 35.5. The predicted octanol–water partition coefficient (Wildman–Crippen LogP) is 2.95. The van der Waals surface area contributed by atoms with Crippen molar-refractivity contribution in [3.8, 4) is 17.0 Å². The largest absolute Gasteiger partial charge is 0.507 e. The zero-order valence-corrected chi connectivity index (χ0v) is 13.6. The Morgan fingerprint density at radius 2 is 2.14 bits per heavy atom. The first-order chi connectivity index (χ1) is 10.6. The molecular weight excluding hydrogens is 323 g/mol. The van der Waals surface area contributed by atoms with Gasteiger partial charge in [0.25, 0.3) is 0 Å². The molecule has 0 amide bonds. The van der Waals surface area contributed by atoms with Crippen molar-refractivity contribution in [2.75, 3.05) is 25.0 Å². The van der Waals surface area contributed by atoms with E-state index in [1.807, 2.05) is 7.05 Å². The van der Waals surface area contributed by atoms with Gasteiger partial charge in [0.05, 0.1) is 5.69 Å². The lowest BCUT2D eigenvalue weighted by atomic mass is 10.1. The van der Waals surface area contributed by atoms with Crippen LogP contribution in [0.1, 0.15) is 6.42 Å². The first kappa shape index (κ1) is 15.3. The molecule has 2 aromatic rings. The van der Waals surface area contributed by atoms with Gasteiger partial charge < -0.3 is 15.3 Å². The highest BCUT2D eigenvalue weighted by molar-refractivity contribution is 6.35. The molecule has 116 valence electrons. The third-order valence-electron chi connectivity index (χ3n) is 3.88. The number of likely N-dealkylation sites (N-methyl/N-ethyl adjacent to an activating group) is 1. The molecule has 0 saturated carbocycles. The van der Waals surface area contributed by atoms with Gasteiger partial charge in [0.15, 0.2) is 5.82 Å². The standard InChI is InChI=1S/C15H16Cl2N4O/c1-18-10-4-5-21(7-10)15-13(17)14(19-8-20-15)11-3-2-9(16)6-12(11)22/h2-3,6,8,10,18,22H,4-5,7H2,1H3. The molecule has 1 saturated heterocycles. The number of aromatic hydroxyl groups is 1. The Morgan fingerprint density at radius 3 is 2.82 bits per heavy atom. The van der Waals surface area contributed by atoms with Crippen LogP contribution in [0.15, 0.2) is 24.5 Å². The van der Waals surface area contributed by atoms with E-state index >= 15 is 0 Å². The fourth-order valence-electron chi connectivity index (χ4n) is 2.66. The molecule has 1 atom stereocenters. The summed E-state index contributed by atoms with van der Waals surface area (Å²) in [6, 6.07) is 5.30. The van der Waals surface area contributed by atoms with Crippen LogP contribution in [-0.2, 0) is 0 Å². The Morgan fingerprint density at radius 1 is 1.32 bits per heavy atom. The summed E-state index contributed by atoms with van der Waals surface area (Å²) >= 11 is 12.4. The van der Waals surface area contributed by atoms with Crippen LogP contribution in [-0.4, -0.2) is 41.3 Å². The topological polar surface area (TPSA) is 61.3 Å². The van der Waals surface area contributed by atoms with Crippen LogP contribution >= 0.6 is 23.2 Å². The molecule has 1 aliphatic heterocycles. The normalized spacial score (nSPS) is 18.0. The maximum atomic E-state index is 10.1. The SMILES string of the molecule is CNC1CCN(c2ncnc(-c3ccc(Cl)cc3O)c2Cl)C1. The predicted molar refractivity (Wildman–Crippen MR) is 88.8 cm³/mol. The quantitative estimate of drug-likeness (QED) is 0.900. The lowest BCUT2D eigenvalue weighted by molar-refractivity contribution is 0.477. The third-order valence-corrected chi connectivity index (χ3v) is 4.47. The Kier molecular flexibility index (Phi) is 4.38. The van der Waals surface area contributed by atoms with Crippen LogP contribution in [0, 0.1) is 0 Å². The zero-order valence-electron chi connectivity index (χ0n) is 12.1. The number of hydrogen-bond donors (Lipinski definition) is 2. The minimum absolute atomic E-state index is 0.0496. The first-order valence-corrected chi connectivity index (χ1v) is 7.77. The summed E-state index contributed by atoms with van der Waals surface area (Å²) in [5.41, 5.74) is 1.05. The number of phenols is 1. The second-order valence-corrected chi connectivity index (χ2v) is 6.06. The van der Waals surface area contributed by atoms with E-state index in [-0.39, 0.29) is 5.75 Å². The van der Waals surface area contributed by atoms with Gasteiger partial charge in [0, 0.05) is 29.7 Å². The number of halogens is 2. The van der Waals surface area contributed by atoms with E-state index in [2.05, 4.69) is 20.2 Å². The Labute approximate surface area is 138 Å². The van der Waals surface area contributed by atoms with Gasteiger partial charge in [-0.1, -0.05) is 23.2 Å². The van der Waals surface area contributed by atoms with Gasteiger partial charge in [-0.3, -0.25) is 0 Å². The van der Waals surface area contributed by atoms with Gasteiger partial charge >= 0.3 is 0 Å². The van der Waals surface area contributed by atoms with E-state index in [0.29, 0.717) is 33.2 Å². The van der Waals surface area contributed by atoms with Crippen molar-refractivity contribution >= 4 is 29.0 Å². The summed E-state index contributed by atoms with van der Waals surface area (Å²) in [4.78, 5) is 10.7. The minimum Gasteiger partial charge on any atom is -0.507 e. The van der Waals surface area contributed by atoms with Gasteiger partial charge in [-0.2, -0.15) is 0 Å². The molecule has 2 N–H and O–H groups in total. The van der Waals surface area contributed by atoms with E-state index in [1.54, 1.807) is 12.1 Å². The first-order valence-electron chi connectivity index (χ1n) is 7.01. The van der Waals surface area contributed by atoms with Crippen molar-refractivity contribution in [2.24, 2.45) is 0 Å². The van der Waals surface area contributed by atoms with Crippen LogP contribution in [0.4, 0.5) is 5.82 Å². The summed E-state index contributed by atoms with van der Waals surface area (Å²) in [7, 11) is 1.95. The van der Waals surface area contributed by atoms with E-state index in [9.17, 15) is 5.11 Å². The highest BCUT2D eigenvalue weighted by Gasteiger charge is 2.25. The smallest absolute Gasteiger partial charge is 0.151 e. The lowest BCUT2D eigenvalue weighted by Gasteiger charge is -2.19. The number of anilines is 1. The fraction of sp³-hybridized carbons (Fsp3) is 0.333. The Bertz CT molecular complexity index is 695. The van der Waals surface area contributed by atoms with Crippen LogP contribution < -0.4 is 10.2 Å². The molecule has 7 heteroatoms. The molecular formula is C15H16Cl2N4O. The monoisotopic (exact) mass is 338 g/mol. The van der Waals surface area contributed by atoms with E-state index < -0.39 is 0 Å². The summed E-state index contributed by atoms with van der Waals surface area (Å²) in [5.74, 6) is 0.743. The maximum absolute atomic E-state index is 10.1. The van der Waals surface area contributed by atoms with Gasteiger partial charge in [0.1, 0.15) is 17.1 Å². The maximum Gasteiger partial charge on any atom is 0.151 e. The molecule has 0 spiro atoms. The average molecular weight is 339 g/mol. The summed E-state index contributed by atoms with van der Waals surface area (Å²) < 4.78 is 0. The summed E-state index contributed by atoms with van der Waals surface area (Å²) in [6.45, 7) is 1.73. The van der Waals surface area contributed by atoms with Crippen molar-refractivity contribution in [1.29, 1.82) is 0 Å². The van der Waals surface area contributed by atoms with Gasteiger partial charge in [-0.25, -0.2) is 9.97 Å². The molecule has 1 aliphatic rings. The Balaban J connectivity index is 1.99. The van der Waals surface area contributed by atoms with Crippen LogP contribution in [0.25, 0.3) is 11.3 Å². The van der Waals surface area contributed by atoms with Gasteiger partial charge in [-0.05, 0) is 31.7 Å². The van der Waals surface area contributed by atoms with Gasteiger partial charge in [-0.15, -0.1) is 0 Å². The molecule has 1 aromatic heterocycles. The molecule has 1 unspecified atom stereocenters. The number of rotatable bonds is 3. The summed E-state index contributed by atoms with van der Waals surface area (Å²) in [6.07, 6.45) is 2.51. The fourth-order valence-corrected chi connectivity index (χ4v) is 3.15. The average Bonchev–Trinajstić information content (AvgIpc) is 2.97. The highest BCUT2D eigenvalue weighted by Crippen LogP contribution is 2.38. The van der Waals surface area contributed by atoms with Gasteiger partial charge in [0.2, 0.25) is 0 Å². The molecule has 0 radical (unpaired) electrons. The van der Waals surface area contributed by atoms with Crippen molar-refractivity contribution in [3.05, 3.63) is 34.6 Å². The van der Waals surface area contributed by atoms with Crippen molar-refractivity contribution in [3.63, 3.8) is 0 Å². The Hall–Kier alpha value is -1.56. The van der Waals surface area contributed by atoms with E-state index in [4.69, 9.17) is 23.2 Å². The number of hydrogen-bond acceptors (Lipinski definition) is 5. The second kappa shape index (κ2) is 6.28. The number of benzene rings is 1. The molecule has 3 rings (SSSR count). The van der Waals surface area contributed by atoms with Crippen molar-refractivity contribution < 1.29 is 5.11 Å². The second-order valence-electron chi connectivity index (χ2n) is 5.24. The van der Waals surface area contributed by atoms with Crippen LogP contribution in [0.5, 0.6) is 5.75 Å². The van der Waals surface area contributed by atoms with Crippen molar-refractivity contribution in [2.45, 2.75) is 12.5 Å². The number of aromatic nitrogens is 2. The van der Waals surface area contributed by atoms with Crippen molar-refractivity contribution in [1.82, 2.24) is 15.3 Å². The van der Waals surface area contributed by atoms with E-state index in [1.165, 1.54) is 12.4 Å². The molecule has 0 bridgehead atoms. The van der Waals surface area contributed by atoms with E-state index in [0.717, 1.165) is 19.5 Å². The molecule has 2 heterocycles. The molecule has 1 fully saturated rings. The summed E-state index contributed by atoms with van der Waals surface area (Å²) in [5, 5.41) is 14.2. The number of nitrogens with zero attached hydrogens (tertiary/aromatic N) is 3. The number of phenolic OH excluding ortho intramolecular Hbond substituents is 1. The molecule has 0 aliphatic carbocycles. The van der Waals surface area contributed by atoms with Crippen LogP contribution in [0.2, 0.25) is 10.0 Å². The van der Waals surface area contributed by atoms with Crippen LogP contribution in [0.3, 0.4) is 0 Å². The third kappa shape index (κ3) is 2.84. The zero-order chi connectivity index (χ0) is 15.7. The molecule has 22 heavy (non-hydrogen) atoms. The molecule has 5 nitrogen and oxygen atoms in total. The minimum atomic E-state index is 0.0496. The molecule has 1 aromatic carbocycles. The lowest BCUT2D eigenvalue weighted by Crippen LogP contribution is -2.30. The number of nitrogens with one attached hydrogen (secondary N) is 1.